The van der Waals surface area contributed by atoms with Crippen LogP contribution < -0.4 is 5.32 Å². The Labute approximate surface area is 124 Å². The average molecular weight is 285 g/mol. The van der Waals surface area contributed by atoms with Gasteiger partial charge in [0.05, 0.1) is 6.61 Å². The Morgan fingerprint density at radius 1 is 1.38 bits per heavy atom. The predicted molar refractivity (Wildman–Crippen MR) is 80.5 cm³/mol. The van der Waals surface area contributed by atoms with Crippen molar-refractivity contribution in [3.8, 4) is 0 Å². The molecule has 1 aliphatic carbocycles. The summed E-state index contributed by atoms with van der Waals surface area (Å²) in [7, 11) is 0. The van der Waals surface area contributed by atoms with Crippen LogP contribution in [0, 0.1) is 5.92 Å². The zero-order valence-electron chi connectivity index (χ0n) is 12.3. The number of esters is 1. The molecule has 3 atom stereocenters. The topological polar surface area (TPSA) is 55.4 Å². The molecule has 21 heavy (non-hydrogen) atoms. The van der Waals surface area contributed by atoms with Gasteiger partial charge in [0.1, 0.15) is 6.04 Å². The van der Waals surface area contributed by atoms with Crippen LogP contribution in [0.4, 0.5) is 5.69 Å². The summed E-state index contributed by atoms with van der Waals surface area (Å²) < 4.78 is 5.18. The Kier molecular flexibility index (Phi) is 3.53. The number of carbonyl (C=O) groups excluding carboxylic acids is 2. The summed E-state index contributed by atoms with van der Waals surface area (Å²) in [5, 5.41) is 3.29. The van der Waals surface area contributed by atoms with Crippen molar-refractivity contribution >= 4 is 17.4 Å². The second-order valence-corrected chi connectivity index (χ2v) is 5.59. The van der Waals surface area contributed by atoms with Gasteiger partial charge in [-0.1, -0.05) is 12.2 Å². The molecular weight excluding hydrogens is 266 g/mol. The largest absolute Gasteiger partial charge is 0.464 e. The summed E-state index contributed by atoms with van der Waals surface area (Å²) >= 11 is 0. The number of ether oxygens (including phenoxy) is 1. The first kappa shape index (κ1) is 13.9. The van der Waals surface area contributed by atoms with Crippen molar-refractivity contribution in [1.29, 1.82) is 0 Å². The van der Waals surface area contributed by atoms with Crippen molar-refractivity contribution in [2.45, 2.75) is 32.2 Å². The summed E-state index contributed by atoms with van der Waals surface area (Å²) in [5.41, 5.74) is 2.73. The standard InChI is InChI=1S/C17H19NO3/c1-3-21-17(20)16-13-6-4-5-12(13)14-9-11(10(2)19)7-8-15(14)18-16/h4-5,7-9,12-13,16,18H,3,6H2,1-2H3. The summed E-state index contributed by atoms with van der Waals surface area (Å²) in [4.78, 5) is 23.7. The molecule has 0 fully saturated rings. The van der Waals surface area contributed by atoms with Gasteiger partial charge in [0, 0.05) is 23.1 Å². The van der Waals surface area contributed by atoms with Gasteiger partial charge in [0.15, 0.2) is 5.78 Å². The molecular formula is C17H19NO3. The van der Waals surface area contributed by atoms with Gasteiger partial charge in [-0.15, -0.1) is 0 Å². The number of Topliss-reactive ketones (excluding diaryl/α,β-unsaturated/α-hetero) is 1. The number of hydrogen-bond acceptors (Lipinski definition) is 4. The molecule has 0 bridgehead atoms. The second-order valence-electron chi connectivity index (χ2n) is 5.59. The van der Waals surface area contributed by atoms with Crippen molar-refractivity contribution < 1.29 is 14.3 Å². The second kappa shape index (κ2) is 5.35. The van der Waals surface area contributed by atoms with Crippen LogP contribution in [-0.4, -0.2) is 24.4 Å². The first-order chi connectivity index (χ1) is 10.1. The van der Waals surface area contributed by atoms with Gasteiger partial charge < -0.3 is 10.1 Å². The zero-order valence-corrected chi connectivity index (χ0v) is 12.3. The third-order valence-corrected chi connectivity index (χ3v) is 4.31. The summed E-state index contributed by atoms with van der Waals surface area (Å²) in [6, 6.07) is 5.32. The Morgan fingerprint density at radius 2 is 2.19 bits per heavy atom. The number of rotatable bonds is 3. The molecule has 3 unspecified atom stereocenters. The van der Waals surface area contributed by atoms with Gasteiger partial charge in [-0.05, 0) is 44.0 Å². The molecule has 1 N–H and O–H groups in total. The molecule has 2 aliphatic rings. The van der Waals surface area contributed by atoms with Crippen molar-refractivity contribution in [3.05, 3.63) is 41.5 Å². The number of benzene rings is 1. The molecule has 0 saturated carbocycles. The fourth-order valence-corrected chi connectivity index (χ4v) is 3.28. The van der Waals surface area contributed by atoms with E-state index < -0.39 is 0 Å². The highest BCUT2D eigenvalue weighted by atomic mass is 16.5. The highest BCUT2D eigenvalue weighted by Crippen LogP contribution is 2.45. The first-order valence-electron chi connectivity index (χ1n) is 7.36. The van der Waals surface area contributed by atoms with E-state index in [4.69, 9.17) is 4.74 Å². The minimum atomic E-state index is -0.319. The van der Waals surface area contributed by atoms with Gasteiger partial charge in [0.25, 0.3) is 0 Å². The molecule has 0 radical (unpaired) electrons. The average Bonchev–Trinajstić information content (AvgIpc) is 2.95. The van der Waals surface area contributed by atoms with Crippen molar-refractivity contribution in [2.75, 3.05) is 11.9 Å². The highest BCUT2D eigenvalue weighted by Gasteiger charge is 2.41. The molecule has 110 valence electrons. The molecule has 1 aliphatic heterocycles. The van der Waals surface area contributed by atoms with Gasteiger partial charge >= 0.3 is 5.97 Å². The summed E-state index contributed by atoms with van der Waals surface area (Å²) in [6.45, 7) is 3.78. The van der Waals surface area contributed by atoms with E-state index in [2.05, 4.69) is 17.5 Å². The van der Waals surface area contributed by atoms with Crippen LogP contribution in [0.1, 0.15) is 42.1 Å². The number of fused-ring (bicyclic) bond motifs is 3. The van der Waals surface area contributed by atoms with E-state index in [-0.39, 0.29) is 29.6 Å². The Bertz CT molecular complexity index is 620. The van der Waals surface area contributed by atoms with Crippen LogP contribution in [0.15, 0.2) is 30.4 Å². The maximum Gasteiger partial charge on any atom is 0.328 e. The molecule has 1 aromatic rings. The molecule has 1 heterocycles. The fourth-order valence-electron chi connectivity index (χ4n) is 3.28. The normalized spacial score (nSPS) is 25.7. The smallest absolute Gasteiger partial charge is 0.328 e. The van der Waals surface area contributed by atoms with Crippen molar-refractivity contribution in [3.63, 3.8) is 0 Å². The quantitative estimate of drug-likeness (QED) is 0.527. The minimum absolute atomic E-state index is 0.0591. The molecule has 3 rings (SSSR count). The zero-order chi connectivity index (χ0) is 15.0. The third-order valence-electron chi connectivity index (χ3n) is 4.31. The van der Waals surface area contributed by atoms with Crippen molar-refractivity contribution in [2.24, 2.45) is 5.92 Å². The lowest BCUT2D eigenvalue weighted by molar-refractivity contribution is -0.145. The fraction of sp³-hybridized carbons (Fsp3) is 0.412. The number of carbonyl (C=O) groups is 2. The van der Waals surface area contributed by atoms with E-state index in [0.29, 0.717) is 12.2 Å². The lowest BCUT2D eigenvalue weighted by atomic mass is 9.78. The van der Waals surface area contributed by atoms with Crippen LogP contribution in [0.2, 0.25) is 0 Å². The van der Waals surface area contributed by atoms with Gasteiger partial charge in [0.2, 0.25) is 0 Å². The van der Waals surface area contributed by atoms with E-state index >= 15 is 0 Å². The Hall–Kier alpha value is -2.10. The first-order valence-corrected chi connectivity index (χ1v) is 7.36. The SMILES string of the molecule is CCOC(=O)C1Nc2ccc(C(C)=O)cc2C2C=CCC12. The van der Waals surface area contributed by atoms with E-state index in [1.807, 2.05) is 19.1 Å². The summed E-state index contributed by atoms with van der Waals surface area (Å²) in [6.07, 6.45) is 5.10. The molecule has 0 saturated heterocycles. The summed E-state index contributed by atoms with van der Waals surface area (Å²) in [5.74, 6) is 0.204. The lowest BCUT2D eigenvalue weighted by Gasteiger charge is -2.35. The van der Waals surface area contributed by atoms with Crippen LogP contribution >= 0.6 is 0 Å². The lowest BCUT2D eigenvalue weighted by Crippen LogP contribution is -2.43. The van der Waals surface area contributed by atoms with E-state index in [0.717, 1.165) is 17.7 Å². The highest BCUT2D eigenvalue weighted by molar-refractivity contribution is 5.95. The Morgan fingerprint density at radius 3 is 2.90 bits per heavy atom. The van der Waals surface area contributed by atoms with Crippen LogP contribution in [0.5, 0.6) is 0 Å². The van der Waals surface area contributed by atoms with Crippen LogP contribution in [0.25, 0.3) is 0 Å². The van der Waals surface area contributed by atoms with Gasteiger partial charge in [-0.2, -0.15) is 0 Å². The number of ketones is 1. The molecule has 0 spiro atoms. The number of hydrogen-bond donors (Lipinski definition) is 1. The van der Waals surface area contributed by atoms with Crippen LogP contribution in [0.3, 0.4) is 0 Å². The maximum atomic E-state index is 12.2. The molecule has 1 aromatic carbocycles. The molecule has 0 amide bonds. The monoisotopic (exact) mass is 285 g/mol. The van der Waals surface area contributed by atoms with E-state index in [1.54, 1.807) is 13.0 Å². The van der Waals surface area contributed by atoms with E-state index in [9.17, 15) is 9.59 Å². The van der Waals surface area contributed by atoms with Crippen molar-refractivity contribution in [1.82, 2.24) is 0 Å². The van der Waals surface area contributed by atoms with Gasteiger partial charge in [-0.3, -0.25) is 4.79 Å². The number of allylic oxidation sites excluding steroid dienone is 2. The van der Waals surface area contributed by atoms with Crippen LogP contribution in [-0.2, 0) is 9.53 Å². The number of nitrogens with one attached hydrogen (secondary N) is 1. The minimum Gasteiger partial charge on any atom is -0.464 e. The number of anilines is 1. The van der Waals surface area contributed by atoms with E-state index in [1.165, 1.54) is 0 Å². The van der Waals surface area contributed by atoms with Gasteiger partial charge in [-0.25, -0.2) is 4.79 Å². The third kappa shape index (κ3) is 2.35. The molecule has 4 nitrogen and oxygen atoms in total. The molecule has 4 heteroatoms. The maximum absolute atomic E-state index is 12.2. The predicted octanol–water partition coefficient (Wildman–Crippen LogP) is 2.91. The Balaban J connectivity index is 1.98. The molecule has 0 aromatic heterocycles.